The van der Waals surface area contributed by atoms with Gasteiger partial charge in [-0.05, 0) is 39.7 Å². The number of hydrogen-bond donors (Lipinski definition) is 1. The standard InChI is InChI=1S/C17H18BrNO2/c1-3-16(20)17(12-7-5-4-6-8-12)19-15-10-9-13(21-2)11-14(15)18/h4-11,17,19H,3H2,1-2H3/t17-/m1/s1. The van der Waals surface area contributed by atoms with Crippen LogP contribution in [0.5, 0.6) is 5.75 Å². The van der Waals surface area contributed by atoms with Crippen molar-refractivity contribution in [2.75, 3.05) is 12.4 Å². The minimum absolute atomic E-state index is 0.156. The molecule has 2 rings (SSSR count). The van der Waals surface area contributed by atoms with Gasteiger partial charge in [0.15, 0.2) is 5.78 Å². The zero-order chi connectivity index (χ0) is 15.2. The lowest BCUT2D eigenvalue weighted by Crippen LogP contribution is -2.20. The molecule has 0 saturated carbocycles. The van der Waals surface area contributed by atoms with Gasteiger partial charge in [-0.25, -0.2) is 0 Å². The molecule has 0 fully saturated rings. The van der Waals surface area contributed by atoms with E-state index in [1.54, 1.807) is 7.11 Å². The van der Waals surface area contributed by atoms with Gasteiger partial charge in [0.1, 0.15) is 11.8 Å². The highest BCUT2D eigenvalue weighted by Gasteiger charge is 2.19. The number of Topliss-reactive ketones (excluding diaryl/α,β-unsaturated/α-hetero) is 1. The van der Waals surface area contributed by atoms with Crippen molar-refractivity contribution in [2.24, 2.45) is 0 Å². The van der Waals surface area contributed by atoms with E-state index in [0.29, 0.717) is 6.42 Å². The number of hydrogen-bond acceptors (Lipinski definition) is 3. The van der Waals surface area contributed by atoms with E-state index in [-0.39, 0.29) is 11.8 Å². The summed E-state index contributed by atoms with van der Waals surface area (Å²) in [4.78, 5) is 12.2. The van der Waals surface area contributed by atoms with Gasteiger partial charge in [0, 0.05) is 16.6 Å². The number of ether oxygens (including phenoxy) is 1. The Hall–Kier alpha value is -1.81. The van der Waals surface area contributed by atoms with Crippen LogP contribution < -0.4 is 10.1 Å². The molecule has 0 heterocycles. The zero-order valence-corrected chi connectivity index (χ0v) is 13.7. The van der Waals surface area contributed by atoms with Gasteiger partial charge in [0.05, 0.1) is 7.11 Å². The first-order chi connectivity index (χ1) is 10.2. The monoisotopic (exact) mass is 347 g/mol. The Balaban J connectivity index is 2.29. The lowest BCUT2D eigenvalue weighted by atomic mass is 10.0. The molecular weight excluding hydrogens is 330 g/mol. The van der Waals surface area contributed by atoms with Crippen molar-refractivity contribution in [3.63, 3.8) is 0 Å². The molecule has 110 valence electrons. The predicted octanol–water partition coefficient (Wildman–Crippen LogP) is 4.59. The summed E-state index contributed by atoms with van der Waals surface area (Å²) in [7, 11) is 1.63. The second-order valence-electron chi connectivity index (χ2n) is 4.65. The molecule has 4 heteroatoms. The Morgan fingerprint density at radius 2 is 1.95 bits per heavy atom. The fraction of sp³-hybridized carbons (Fsp3) is 0.235. The SMILES string of the molecule is CCC(=O)[C@H](Nc1ccc(OC)cc1Br)c1ccccc1. The van der Waals surface area contributed by atoms with Crippen LogP contribution in [0.4, 0.5) is 5.69 Å². The first-order valence-electron chi connectivity index (χ1n) is 6.83. The van der Waals surface area contributed by atoms with Crippen molar-refractivity contribution in [1.29, 1.82) is 0 Å². The Kier molecular flexibility index (Phi) is 5.39. The molecule has 21 heavy (non-hydrogen) atoms. The van der Waals surface area contributed by atoms with E-state index < -0.39 is 0 Å². The van der Waals surface area contributed by atoms with Crippen LogP contribution >= 0.6 is 15.9 Å². The van der Waals surface area contributed by atoms with Crippen LogP contribution in [-0.4, -0.2) is 12.9 Å². The van der Waals surface area contributed by atoms with Crippen LogP contribution in [0.2, 0.25) is 0 Å². The maximum atomic E-state index is 12.2. The Morgan fingerprint density at radius 3 is 2.52 bits per heavy atom. The fourth-order valence-corrected chi connectivity index (χ4v) is 2.57. The molecule has 0 aromatic heterocycles. The Morgan fingerprint density at radius 1 is 1.24 bits per heavy atom. The van der Waals surface area contributed by atoms with Crippen molar-refractivity contribution in [2.45, 2.75) is 19.4 Å². The second kappa shape index (κ2) is 7.27. The molecule has 0 saturated heterocycles. The van der Waals surface area contributed by atoms with Crippen molar-refractivity contribution in [3.05, 3.63) is 58.6 Å². The average molecular weight is 348 g/mol. The summed E-state index contributed by atoms with van der Waals surface area (Å²) in [6.45, 7) is 1.88. The fourth-order valence-electron chi connectivity index (χ4n) is 2.09. The number of anilines is 1. The van der Waals surface area contributed by atoms with Gasteiger partial charge in [-0.2, -0.15) is 0 Å². The number of rotatable bonds is 6. The summed E-state index contributed by atoms with van der Waals surface area (Å²) in [6.07, 6.45) is 0.486. The first kappa shape index (κ1) is 15.6. The molecule has 0 unspecified atom stereocenters. The van der Waals surface area contributed by atoms with Crippen molar-refractivity contribution < 1.29 is 9.53 Å². The minimum Gasteiger partial charge on any atom is -0.497 e. The number of methoxy groups -OCH3 is 1. The second-order valence-corrected chi connectivity index (χ2v) is 5.51. The third kappa shape index (κ3) is 3.85. The summed E-state index contributed by atoms with van der Waals surface area (Å²) in [5.41, 5.74) is 1.83. The van der Waals surface area contributed by atoms with Gasteiger partial charge in [-0.15, -0.1) is 0 Å². The lowest BCUT2D eigenvalue weighted by molar-refractivity contribution is -0.119. The summed E-state index contributed by atoms with van der Waals surface area (Å²) in [6, 6.07) is 15.0. The van der Waals surface area contributed by atoms with E-state index in [0.717, 1.165) is 21.5 Å². The quantitative estimate of drug-likeness (QED) is 0.830. The van der Waals surface area contributed by atoms with Crippen LogP contribution in [0.25, 0.3) is 0 Å². The Labute approximate surface area is 133 Å². The number of carbonyl (C=O) groups is 1. The van der Waals surface area contributed by atoms with Crippen molar-refractivity contribution in [1.82, 2.24) is 0 Å². The topological polar surface area (TPSA) is 38.3 Å². The highest BCUT2D eigenvalue weighted by atomic mass is 79.9. The summed E-state index contributed by atoms with van der Waals surface area (Å²) < 4.78 is 6.05. The van der Waals surface area contributed by atoms with E-state index in [1.165, 1.54) is 0 Å². The van der Waals surface area contributed by atoms with E-state index in [9.17, 15) is 4.79 Å². The van der Waals surface area contributed by atoms with Crippen molar-refractivity contribution in [3.8, 4) is 5.75 Å². The maximum Gasteiger partial charge on any atom is 0.159 e. The highest BCUT2D eigenvalue weighted by molar-refractivity contribution is 9.10. The smallest absolute Gasteiger partial charge is 0.159 e. The van der Waals surface area contributed by atoms with Crippen LogP contribution in [0.1, 0.15) is 24.9 Å². The van der Waals surface area contributed by atoms with Gasteiger partial charge in [0.25, 0.3) is 0 Å². The first-order valence-corrected chi connectivity index (χ1v) is 7.62. The molecule has 0 amide bonds. The van der Waals surface area contributed by atoms with E-state index in [1.807, 2.05) is 55.5 Å². The Bertz CT molecular complexity index is 613. The molecule has 0 aliphatic rings. The molecular formula is C17H18BrNO2. The number of carbonyl (C=O) groups excluding carboxylic acids is 1. The summed E-state index contributed by atoms with van der Waals surface area (Å²) >= 11 is 3.51. The normalized spacial score (nSPS) is 11.8. The molecule has 0 aliphatic heterocycles. The molecule has 3 nitrogen and oxygen atoms in total. The molecule has 2 aromatic rings. The molecule has 1 N–H and O–H groups in total. The van der Waals surface area contributed by atoms with E-state index in [2.05, 4.69) is 21.2 Å². The third-order valence-corrected chi connectivity index (χ3v) is 3.94. The molecule has 0 bridgehead atoms. The number of ketones is 1. The van der Waals surface area contributed by atoms with Crippen LogP contribution in [0, 0.1) is 0 Å². The van der Waals surface area contributed by atoms with Gasteiger partial charge in [-0.3, -0.25) is 4.79 Å². The number of nitrogens with one attached hydrogen (secondary N) is 1. The van der Waals surface area contributed by atoms with E-state index >= 15 is 0 Å². The molecule has 2 aromatic carbocycles. The van der Waals surface area contributed by atoms with Crippen LogP contribution in [0.3, 0.4) is 0 Å². The number of benzene rings is 2. The summed E-state index contributed by atoms with van der Waals surface area (Å²) in [5, 5.41) is 3.31. The lowest BCUT2D eigenvalue weighted by Gasteiger charge is -2.20. The highest BCUT2D eigenvalue weighted by Crippen LogP contribution is 2.30. The molecule has 0 radical (unpaired) electrons. The molecule has 0 spiro atoms. The van der Waals surface area contributed by atoms with Crippen LogP contribution in [-0.2, 0) is 4.79 Å². The van der Waals surface area contributed by atoms with Gasteiger partial charge < -0.3 is 10.1 Å². The summed E-state index contributed by atoms with van der Waals surface area (Å²) in [5.74, 6) is 0.925. The molecule has 1 atom stereocenters. The van der Waals surface area contributed by atoms with Crippen LogP contribution in [0.15, 0.2) is 53.0 Å². The predicted molar refractivity (Wildman–Crippen MR) is 88.8 cm³/mol. The largest absolute Gasteiger partial charge is 0.497 e. The van der Waals surface area contributed by atoms with Gasteiger partial charge in [0.2, 0.25) is 0 Å². The van der Waals surface area contributed by atoms with Gasteiger partial charge >= 0.3 is 0 Å². The molecule has 0 aliphatic carbocycles. The zero-order valence-electron chi connectivity index (χ0n) is 12.1. The third-order valence-electron chi connectivity index (χ3n) is 3.28. The van der Waals surface area contributed by atoms with E-state index in [4.69, 9.17) is 4.74 Å². The average Bonchev–Trinajstić information content (AvgIpc) is 2.53. The minimum atomic E-state index is -0.346. The maximum absolute atomic E-state index is 12.2. The van der Waals surface area contributed by atoms with Gasteiger partial charge in [-0.1, -0.05) is 37.3 Å². The van der Waals surface area contributed by atoms with Crippen molar-refractivity contribution >= 4 is 27.4 Å². The number of halogens is 1.